The van der Waals surface area contributed by atoms with Gasteiger partial charge in [-0.25, -0.2) is 0 Å². The van der Waals surface area contributed by atoms with E-state index in [0.717, 1.165) is 12.3 Å². The first-order chi connectivity index (χ1) is 8.46. The van der Waals surface area contributed by atoms with Crippen LogP contribution in [-0.2, 0) is 4.74 Å². The van der Waals surface area contributed by atoms with Crippen LogP contribution in [0.25, 0.3) is 0 Å². The van der Waals surface area contributed by atoms with Crippen LogP contribution in [0.2, 0.25) is 0 Å². The molecule has 118 valence electrons. The molecule has 0 aromatic heterocycles. The van der Waals surface area contributed by atoms with E-state index >= 15 is 0 Å². The highest BCUT2D eigenvalue weighted by Gasteiger charge is 2.20. The SMILES string of the molecule is CC(C)CC(C)N.CC(N)COC(C)(C)CC(C)O. The molecule has 0 bridgehead atoms. The maximum Gasteiger partial charge on any atom is 0.0651 e. The van der Waals surface area contributed by atoms with Crippen molar-refractivity contribution in [2.24, 2.45) is 17.4 Å². The first-order valence-electron chi connectivity index (χ1n) is 7.29. The average molecular weight is 276 g/mol. The van der Waals surface area contributed by atoms with Crippen molar-refractivity contribution in [3.8, 4) is 0 Å². The Labute approximate surface area is 119 Å². The fraction of sp³-hybridized carbons (Fsp3) is 1.00. The highest BCUT2D eigenvalue weighted by molar-refractivity contribution is 4.72. The van der Waals surface area contributed by atoms with Crippen molar-refractivity contribution in [1.82, 2.24) is 0 Å². The number of hydrogen-bond donors (Lipinski definition) is 3. The van der Waals surface area contributed by atoms with E-state index in [-0.39, 0.29) is 17.7 Å². The number of rotatable bonds is 7. The molecule has 3 unspecified atom stereocenters. The van der Waals surface area contributed by atoms with Crippen LogP contribution >= 0.6 is 0 Å². The number of ether oxygens (including phenoxy) is 1. The summed E-state index contributed by atoms with van der Waals surface area (Å²) in [6, 6.07) is 0.429. The van der Waals surface area contributed by atoms with E-state index in [1.807, 2.05) is 27.7 Å². The van der Waals surface area contributed by atoms with Crippen molar-refractivity contribution < 1.29 is 9.84 Å². The maximum atomic E-state index is 9.14. The molecule has 0 radical (unpaired) electrons. The Morgan fingerprint density at radius 3 is 1.68 bits per heavy atom. The van der Waals surface area contributed by atoms with Crippen molar-refractivity contribution in [3.63, 3.8) is 0 Å². The number of nitrogens with two attached hydrogens (primary N) is 2. The van der Waals surface area contributed by atoms with Crippen molar-refractivity contribution >= 4 is 0 Å². The molecule has 0 saturated heterocycles. The Balaban J connectivity index is 0. The van der Waals surface area contributed by atoms with Gasteiger partial charge in [-0.2, -0.15) is 0 Å². The topological polar surface area (TPSA) is 81.5 Å². The minimum atomic E-state index is -0.326. The number of hydrogen-bond acceptors (Lipinski definition) is 4. The van der Waals surface area contributed by atoms with Crippen LogP contribution in [0.4, 0.5) is 0 Å². The van der Waals surface area contributed by atoms with E-state index in [1.165, 1.54) is 0 Å². The summed E-state index contributed by atoms with van der Waals surface area (Å²) in [5, 5.41) is 9.14. The highest BCUT2D eigenvalue weighted by Crippen LogP contribution is 2.16. The molecule has 19 heavy (non-hydrogen) atoms. The molecule has 0 amide bonds. The molecular formula is C15H36N2O2. The predicted molar refractivity (Wildman–Crippen MR) is 83.1 cm³/mol. The summed E-state index contributed by atoms with van der Waals surface area (Å²) in [4.78, 5) is 0. The van der Waals surface area contributed by atoms with Crippen LogP contribution < -0.4 is 11.5 Å². The van der Waals surface area contributed by atoms with Gasteiger partial charge < -0.3 is 21.3 Å². The zero-order valence-corrected chi connectivity index (χ0v) is 13.9. The zero-order valence-electron chi connectivity index (χ0n) is 13.9. The summed E-state index contributed by atoms with van der Waals surface area (Å²) in [5.74, 6) is 0.750. The van der Waals surface area contributed by atoms with Crippen molar-refractivity contribution in [1.29, 1.82) is 0 Å². The molecule has 0 aromatic carbocycles. The minimum Gasteiger partial charge on any atom is -0.393 e. The lowest BCUT2D eigenvalue weighted by Crippen LogP contribution is -2.34. The molecular weight excluding hydrogens is 240 g/mol. The van der Waals surface area contributed by atoms with Gasteiger partial charge >= 0.3 is 0 Å². The molecule has 4 nitrogen and oxygen atoms in total. The van der Waals surface area contributed by atoms with E-state index in [4.69, 9.17) is 21.3 Å². The van der Waals surface area contributed by atoms with Gasteiger partial charge in [0.2, 0.25) is 0 Å². The summed E-state index contributed by atoms with van der Waals surface area (Å²) in [5.41, 5.74) is 10.8. The summed E-state index contributed by atoms with van der Waals surface area (Å²) in [7, 11) is 0. The molecule has 0 heterocycles. The molecule has 0 saturated carbocycles. The second-order valence-corrected chi connectivity index (χ2v) is 6.71. The highest BCUT2D eigenvalue weighted by atomic mass is 16.5. The molecule has 0 spiro atoms. The molecule has 0 aromatic rings. The predicted octanol–water partition coefficient (Wildman–Crippen LogP) is 2.28. The summed E-state index contributed by atoms with van der Waals surface area (Å²) >= 11 is 0. The van der Waals surface area contributed by atoms with Crippen molar-refractivity contribution in [2.75, 3.05) is 6.61 Å². The van der Waals surface area contributed by atoms with Crippen LogP contribution in [-0.4, -0.2) is 35.5 Å². The Morgan fingerprint density at radius 1 is 1.00 bits per heavy atom. The minimum absolute atomic E-state index is 0.0540. The van der Waals surface area contributed by atoms with E-state index in [1.54, 1.807) is 6.92 Å². The lowest BCUT2D eigenvalue weighted by Gasteiger charge is -2.27. The summed E-state index contributed by atoms with van der Waals surface area (Å²) < 4.78 is 5.52. The lowest BCUT2D eigenvalue weighted by molar-refractivity contribution is -0.0497. The van der Waals surface area contributed by atoms with Gasteiger partial charge in [0.1, 0.15) is 0 Å². The molecule has 0 rings (SSSR count). The van der Waals surface area contributed by atoms with Crippen LogP contribution in [0.5, 0.6) is 0 Å². The Bertz CT molecular complexity index is 196. The summed E-state index contributed by atoms with van der Waals surface area (Å²) in [6.45, 7) is 14.5. The average Bonchev–Trinajstić information content (AvgIpc) is 2.11. The largest absolute Gasteiger partial charge is 0.393 e. The molecule has 4 heteroatoms. The number of aliphatic hydroxyl groups is 1. The number of aliphatic hydroxyl groups excluding tert-OH is 1. The second kappa shape index (κ2) is 10.6. The fourth-order valence-corrected chi connectivity index (χ4v) is 1.87. The van der Waals surface area contributed by atoms with Gasteiger partial charge in [-0.1, -0.05) is 13.8 Å². The van der Waals surface area contributed by atoms with E-state index in [9.17, 15) is 0 Å². The molecule has 0 aliphatic carbocycles. The van der Waals surface area contributed by atoms with Crippen LogP contribution in [0.15, 0.2) is 0 Å². The van der Waals surface area contributed by atoms with Crippen LogP contribution in [0.1, 0.15) is 61.3 Å². The third-order valence-corrected chi connectivity index (χ3v) is 2.37. The normalized spacial score (nSPS) is 16.6. The van der Waals surface area contributed by atoms with E-state index in [2.05, 4.69) is 13.8 Å². The van der Waals surface area contributed by atoms with Gasteiger partial charge in [-0.05, 0) is 47.0 Å². The van der Waals surface area contributed by atoms with Gasteiger partial charge in [-0.3, -0.25) is 0 Å². The first-order valence-corrected chi connectivity index (χ1v) is 7.29. The van der Waals surface area contributed by atoms with Crippen molar-refractivity contribution in [3.05, 3.63) is 0 Å². The van der Waals surface area contributed by atoms with Gasteiger partial charge in [0.05, 0.1) is 18.3 Å². The summed E-state index contributed by atoms with van der Waals surface area (Å²) in [6.07, 6.45) is 1.45. The van der Waals surface area contributed by atoms with Crippen molar-refractivity contribution in [2.45, 2.75) is 85.1 Å². The molecule has 5 N–H and O–H groups in total. The second-order valence-electron chi connectivity index (χ2n) is 6.71. The Morgan fingerprint density at radius 2 is 1.47 bits per heavy atom. The Hall–Kier alpha value is -0.160. The third-order valence-electron chi connectivity index (χ3n) is 2.37. The first kappa shape index (κ1) is 21.1. The molecule has 0 aliphatic rings. The zero-order chi connectivity index (χ0) is 15.6. The van der Waals surface area contributed by atoms with Gasteiger partial charge in [0, 0.05) is 18.5 Å². The standard InChI is InChI=1S/C9H21NO2.C6H15N/c1-7(10)6-12-9(3,4)5-8(2)11;1-5(2)4-6(3)7/h7-8,11H,5-6,10H2,1-4H3;5-6H,4,7H2,1-3H3. The van der Waals surface area contributed by atoms with Gasteiger partial charge in [0.25, 0.3) is 0 Å². The van der Waals surface area contributed by atoms with Crippen LogP contribution in [0.3, 0.4) is 0 Å². The van der Waals surface area contributed by atoms with E-state index < -0.39 is 0 Å². The third kappa shape index (κ3) is 20.3. The smallest absolute Gasteiger partial charge is 0.0651 e. The molecule has 0 fully saturated rings. The molecule has 3 atom stereocenters. The Kier molecular flexibility index (Phi) is 11.8. The monoisotopic (exact) mass is 276 g/mol. The van der Waals surface area contributed by atoms with Crippen LogP contribution in [0, 0.1) is 5.92 Å². The fourth-order valence-electron chi connectivity index (χ4n) is 1.87. The quantitative estimate of drug-likeness (QED) is 0.666. The lowest BCUT2D eigenvalue weighted by atomic mass is 10.0. The maximum absolute atomic E-state index is 9.14. The molecule has 0 aliphatic heterocycles. The van der Waals surface area contributed by atoms with Gasteiger partial charge in [0.15, 0.2) is 0 Å². The van der Waals surface area contributed by atoms with Gasteiger partial charge in [-0.15, -0.1) is 0 Å². The van der Waals surface area contributed by atoms with E-state index in [0.29, 0.717) is 19.1 Å².